The van der Waals surface area contributed by atoms with Crippen molar-refractivity contribution < 1.29 is 24.5 Å². The first-order valence-electron chi connectivity index (χ1n) is 3.66. The summed E-state index contributed by atoms with van der Waals surface area (Å²) in [5, 5.41) is 18.3. The average molecular weight is 178 g/mol. The van der Waals surface area contributed by atoms with Crippen LogP contribution in [0.1, 0.15) is 20.8 Å². The van der Waals surface area contributed by atoms with E-state index in [-0.39, 0.29) is 6.61 Å². The summed E-state index contributed by atoms with van der Waals surface area (Å²) in [5.41, 5.74) is 0. The van der Waals surface area contributed by atoms with Gasteiger partial charge in [0, 0.05) is 6.92 Å². The smallest absolute Gasteiger partial charge is 0.353 e. The second-order valence-corrected chi connectivity index (χ2v) is 2.33. The zero-order valence-corrected chi connectivity index (χ0v) is 7.40. The average Bonchev–Trinajstić information content (AvgIpc) is 1.85. The Hall–Kier alpha value is -0.650. The van der Waals surface area contributed by atoms with Crippen LogP contribution in [0.5, 0.6) is 0 Å². The molecule has 2 atom stereocenters. The van der Waals surface area contributed by atoms with Crippen molar-refractivity contribution >= 4 is 5.97 Å². The largest absolute Gasteiger partial charge is 0.406 e. The Balaban J connectivity index is 4.28. The van der Waals surface area contributed by atoms with Crippen LogP contribution in [0.25, 0.3) is 0 Å². The van der Waals surface area contributed by atoms with Gasteiger partial charge in [0.05, 0.1) is 6.61 Å². The van der Waals surface area contributed by atoms with Gasteiger partial charge >= 0.3 is 11.9 Å². The first kappa shape index (κ1) is 11.4. The third-order valence-electron chi connectivity index (χ3n) is 1.17. The molecule has 2 unspecified atom stereocenters. The van der Waals surface area contributed by atoms with Crippen LogP contribution >= 0.6 is 0 Å². The van der Waals surface area contributed by atoms with Crippen LogP contribution in [0.2, 0.25) is 0 Å². The zero-order valence-electron chi connectivity index (χ0n) is 7.40. The van der Waals surface area contributed by atoms with Gasteiger partial charge < -0.3 is 19.7 Å². The Kier molecular flexibility index (Phi) is 4.16. The lowest BCUT2D eigenvalue weighted by atomic mass is 10.3. The number of aliphatic hydroxyl groups is 2. The molecule has 72 valence electrons. The predicted molar refractivity (Wildman–Crippen MR) is 40.0 cm³/mol. The number of hydrogen-bond donors (Lipinski definition) is 2. The van der Waals surface area contributed by atoms with Gasteiger partial charge in [0.15, 0.2) is 0 Å². The molecule has 0 rings (SSSR count). The molecule has 12 heavy (non-hydrogen) atoms. The normalized spacial score (nSPS) is 18.1. The van der Waals surface area contributed by atoms with Crippen LogP contribution in [0.15, 0.2) is 0 Å². The predicted octanol–water partition coefficient (Wildman–Crippen LogP) is -0.387. The van der Waals surface area contributed by atoms with Gasteiger partial charge in [0.2, 0.25) is 0 Å². The van der Waals surface area contributed by atoms with E-state index in [0.29, 0.717) is 0 Å². The van der Waals surface area contributed by atoms with E-state index in [1.807, 2.05) is 0 Å². The highest BCUT2D eigenvalue weighted by atomic mass is 16.8. The summed E-state index contributed by atoms with van der Waals surface area (Å²) in [6.45, 7) is 4.12. The molecule has 0 saturated heterocycles. The fourth-order valence-corrected chi connectivity index (χ4v) is 0.648. The number of aliphatic hydroxyl groups excluding tert-OH is 1. The van der Waals surface area contributed by atoms with Gasteiger partial charge in [-0.2, -0.15) is 0 Å². The Labute approximate surface area is 70.9 Å². The van der Waals surface area contributed by atoms with E-state index < -0.39 is 18.0 Å². The topological polar surface area (TPSA) is 76.0 Å². The highest BCUT2D eigenvalue weighted by Crippen LogP contribution is 2.14. The van der Waals surface area contributed by atoms with E-state index in [9.17, 15) is 9.90 Å². The van der Waals surface area contributed by atoms with E-state index in [1.165, 1.54) is 6.92 Å². The van der Waals surface area contributed by atoms with Crippen molar-refractivity contribution in [3.05, 3.63) is 0 Å². The summed E-state index contributed by atoms with van der Waals surface area (Å²) in [5.74, 6) is -2.94. The van der Waals surface area contributed by atoms with Gasteiger partial charge in [-0.15, -0.1) is 0 Å². The molecular formula is C7H14O5. The Morgan fingerprint density at radius 1 is 1.67 bits per heavy atom. The van der Waals surface area contributed by atoms with E-state index in [1.54, 1.807) is 6.92 Å². The Morgan fingerprint density at radius 2 is 2.17 bits per heavy atom. The molecule has 0 aliphatic heterocycles. The minimum absolute atomic E-state index is 0.134. The highest BCUT2D eigenvalue weighted by Gasteiger charge is 2.37. The number of esters is 1. The van der Waals surface area contributed by atoms with Gasteiger partial charge in [-0.3, -0.25) is 4.79 Å². The van der Waals surface area contributed by atoms with Gasteiger partial charge in [-0.05, 0) is 13.8 Å². The van der Waals surface area contributed by atoms with Crippen LogP contribution in [0.3, 0.4) is 0 Å². The molecule has 2 N–H and O–H groups in total. The lowest BCUT2D eigenvalue weighted by molar-refractivity contribution is -0.373. The zero-order chi connectivity index (χ0) is 9.78. The van der Waals surface area contributed by atoms with Crippen LogP contribution in [-0.4, -0.2) is 34.9 Å². The maximum Gasteiger partial charge on any atom is 0.353 e. The van der Waals surface area contributed by atoms with Crippen molar-refractivity contribution in [2.24, 2.45) is 0 Å². The van der Waals surface area contributed by atoms with E-state index in [0.717, 1.165) is 6.92 Å². The number of hydrogen-bond acceptors (Lipinski definition) is 5. The molecule has 0 aliphatic rings. The molecule has 0 aliphatic carbocycles. The Bertz CT molecular complexity index is 156. The standard InChI is InChI=1S/C7H14O5/c1-4-11-7(10,5(2)8)12-6(3)9/h5,8,10H,4H2,1-3H3. The van der Waals surface area contributed by atoms with E-state index >= 15 is 0 Å². The maximum atomic E-state index is 10.5. The minimum Gasteiger partial charge on any atom is -0.406 e. The fraction of sp³-hybridized carbons (Fsp3) is 0.857. The molecular weight excluding hydrogens is 164 g/mol. The van der Waals surface area contributed by atoms with Gasteiger partial charge in [-0.1, -0.05) is 0 Å². The molecule has 0 aromatic carbocycles. The van der Waals surface area contributed by atoms with Crippen molar-refractivity contribution in [1.29, 1.82) is 0 Å². The molecule has 5 nitrogen and oxygen atoms in total. The quantitative estimate of drug-likeness (QED) is 0.453. The lowest BCUT2D eigenvalue weighted by Gasteiger charge is -2.28. The van der Waals surface area contributed by atoms with E-state index in [4.69, 9.17) is 5.11 Å². The highest BCUT2D eigenvalue weighted by molar-refractivity contribution is 5.66. The lowest BCUT2D eigenvalue weighted by Crippen LogP contribution is -2.47. The number of carbonyl (C=O) groups is 1. The second-order valence-electron chi connectivity index (χ2n) is 2.33. The minimum atomic E-state index is -2.22. The van der Waals surface area contributed by atoms with Crippen molar-refractivity contribution in [3.8, 4) is 0 Å². The third-order valence-corrected chi connectivity index (χ3v) is 1.17. The number of ether oxygens (including phenoxy) is 2. The molecule has 0 saturated carbocycles. The first-order valence-corrected chi connectivity index (χ1v) is 3.66. The molecule has 0 spiro atoms. The summed E-state index contributed by atoms with van der Waals surface area (Å²) in [6.07, 6.45) is -1.29. The number of carbonyl (C=O) groups excluding carboxylic acids is 1. The monoisotopic (exact) mass is 178 g/mol. The van der Waals surface area contributed by atoms with E-state index in [2.05, 4.69) is 9.47 Å². The van der Waals surface area contributed by atoms with Crippen molar-refractivity contribution in [2.45, 2.75) is 32.8 Å². The van der Waals surface area contributed by atoms with Crippen LogP contribution in [-0.2, 0) is 14.3 Å². The molecule has 0 bridgehead atoms. The van der Waals surface area contributed by atoms with Gasteiger partial charge in [-0.25, -0.2) is 0 Å². The van der Waals surface area contributed by atoms with Crippen LogP contribution < -0.4 is 0 Å². The third kappa shape index (κ3) is 3.17. The first-order chi connectivity index (χ1) is 5.42. The van der Waals surface area contributed by atoms with Crippen molar-refractivity contribution in [3.63, 3.8) is 0 Å². The van der Waals surface area contributed by atoms with Gasteiger partial charge in [0.1, 0.15) is 6.10 Å². The molecule has 0 aromatic heterocycles. The SMILES string of the molecule is CCOC(O)(OC(C)=O)C(C)O. The van der Waals surface area contributed by atoms with Crippen molar-refractivity contribution in [2.75, 3.05) is 6.61 Å². The summed E-state index contributed by atoms with van der Waals surface area (Å²) in [4.78, 5) is 10.5. The second kappa shape index (κ2) is 4.39. The summed E-state index contributed by atoms with van der Waals surface area (Å²) in [7, 11) is 0. The summed E-state index contributed by atoms with van der Waals surface area (Å²) < 4.78 is 9.05. The maximum absolute atomic E-state index is 10.5. The Morgan fingerprint density at radius 3 is 2.42 bits per heavy atom. The summed E-state index contributed by atoms with van der Waals surface area (Å²) >= 11 is 0. The fourth-order valence-electron chi connectivity index (χ4n) is 0.648. The molecule has 0 heterocycles. The molecule has 0 amide bonds. The van der Waals surface area contributed by atoms with Crippen molar-refractivity contribution in [1.82, 2.24) is 0 Å². The molecule has 0 radical (unpaired) electrons. The molecule has 0 aromatic rings. The number of rotatable bonds is 4. The molecule has 5 heteroatoms. The van der Waals surface area contributed by atoms with Crippen LogP contribution in [0, 0.1) is 0 Å². The van der Waals surface area contributed by atoms with Gasteiger partial charge in [0.25, 0.3) is 0 Å². The molecule has 0 fully saturated rings. The van der Waals surface area contributed by atoms with Crippen LogP contribution in [0.4, 0.5) is 0 Å². The summed E-state index contributed by atoms with van der Waals surface area (Å²) in [6, 6.07) is 0.